The van der Waals surface area contributed by atoms with Crippen LogP contribution >= 0.6 is 34.5 Å². The van der Waals surface area contributed by atoms with Crippen LogP contribution in [0.1, 0.15) is 22.6 Å². The fraction of sp³-hybridized carbons (Fsp3) is 0.0952. The van der Waals surface area contributed by atoms with Crippen molar-refractivity contribution < 1.29 is 4.74 Å². The second-order valence-electron chi connectivity index (χ2n) is 6.58. The molecule has 0 spiro atoms. The molecule has 154 valence electrons. The van der Waals surface area contributed by atoms with E-state index in [9.17, 15) is 15.3 Å². The van der Waals surface area contributed by atoms with Crippen molar-refractivity contribution in [1.29, 1.82) is 10.5 Å². The Hall–Kier alpha value is -3.43. The number of anilines is 1. The molecule has 7 nitrogen and oxygen atoms in total. The van der Waals surface area contributed by atoms with E-state index in [-0.39, 0.29) is 33.4 Å². The fourth-order valence-corrected chi connectivity index (χ4v) is 5.12. The monoisotopic (exact) mass is 469 g/mol. The van der Waals surface area contributed by atoms with Gasteiger partial charge in [-0.25, -0.2) is 0 Å². The fourth-order valence-electron chi connectivity index (χ4n) is 3.49. The number of nitriles is 2. The quantitative estimate of drug-likeness (QED) is 0.479. The van der Waals surface area contributed by atoms with E-state index in [0.717, 1.165) is 0 Å². The summed E-state index contributed by atoms with van der Waals surface area (Å²) in [5, 5.41) is 23.7. The average Bonchev–Trinajstić information content (AvgIpc) is 3.09. The zero-order valence-electron chi connectivity index (χ0n) is 15.8. The number of aromatic amines is 1. The minimum absolute atomic E-state index is 0.0589. The van der Waals surface area contributed by atoms with E-state index in [1.807, 2.05) is 6.07 Å². The number of allylic oxidation sites excluding steroid dienone is 1. The summed E-state index contributed by atoms with van der Waals surface area (Å²) in [6.07, 6.45) is 1.65. The van der Waals surface area contributed by atoms with Crippen LogP contribution in [0.2, 0.25) is 10.0 Å². The van der Waals surface area contributed by atoms with Crippen molar-refractivity contribution in [3.63, 3.8) is 0 Å². The molecular weight excluding hydrogens is 457 g/mol. The summed E-state index contributed by atoms with van der Waals surface area (Å²) < 4.78 is 6.28. The molecule has 4 rings (SSSR count). The Morgan fingerprint density at radius 3 is 2.77 bits per heavy atom. The van der Waals surface area contributed by atoms with Gasteiger partial charge in [-0.15, -0.1) is 17.9 Å². The van der Waals surface area contributed by atoms with Crippen LogP contribution in [0.25, 0.3) is 10.2 Å². The van der Waals surface area contributed by atoms with Crippen LogP contribution in [0.3, 0.4) is 0 Å². The second-order valence-corrected chi connectivity index (χ2v) is 8.44. The summed E-state index contributed by atoms with van der Waals surface area (Å²) in [6, 6.07) is 8.93. The molecule has 1 aliphatic rings. The number of rotatable bonds is 4. The van der Waals surface area contributed by atoms with Gasteiger partial charge in [-0.3, -0.25) is 4.79 Å². The van der Waals surface area contributed by atoms with Gasteiger partial charge in [0.05, 0.1) is 21.7 Å². The van der Waals surface area contributed by atoms with Gasteiger partial charge in [-0.05, 0) is 17.7 Å². The van der Waals surface area contributed by atoms with Crippen LogP contribution in [0.4, 0.5) is 5.00 Å². The van der Waals surface area contributed by atoms with Gasteiger partial charge in [0.25, 0.3) is 5.56 Å². The van der Waals surface area contributed by atoms with Gasteiger partial charge in [-0.2, -0.15) is 10.5 Å². The third-order valence-corrected chi connectivity index (χ3v) is 6.52. The number of fused-ring (bicyclic) bond motifs is 3. The molecule has 0 amide bonds. The molecule has 1 aliphatic heterocycles. The van der Waals surface area contributed by atoms with Crippen molar-refractivity contribution in [2.24, 2.45) is 5.73 Å². The number of nitrogens with zero attached hydrogens (tertiary/aromatic N) is 2. The molecule has 0 saturated carbocycles. The summed E-state index contributed by atoms with van der Waals surface area (Å²) in [5.74, 6) is -0.797. The summed E-state index contributed by atoms with van der Waals surface area (Å²) in [7, 11) is 0. The third kappa shape index (κ3) is 3.31. The minimum atomic E-state index is -0.858. The molecule has 31 heavy (non-hydrogen) atoms. The number of ether oxygens (including phenoxy) is 1. The smallest absolute Gasteiger partial charge is 0.256 e. The Labute approximate surface area is 190 Å². The van der Waals surface area contributed by atoms with E-state index in [1.165, 1.54) is 17.4 Å². The van der Waals surface area contributed by atoms with Gasteiger partial charge in [0.2, 0.25) is 5.88 Å². The number of hydrogen-bond donors (Lipinski definition) is 3. The number of hydrogen-bond acceptors (Lipinski definition) is 7. The maximum absolute atomic E-state index is 13.2. The molecule has 2 aromatic heterocycles. The second kappa shape index (κ2) is 8.01. The van der Waals surface area contributed by atoms with Crippen molar-refractivity contribution >= 4 is 49.8 Å². The molecule has 0 fully saturated rings. The Balaban J connectivity index is 2.06. The van der Waals surface area contributed by atoms with Gasteiger partial charge >= 0.3 is 0 Å². The highest BCUT2D eigenvalue weighted by atomic mass is 35.5. The summed E-state index contributed by atoms with van der Waals surface area (Å²) >= 11 is 13.7. The summed E-state index contributed by atoms with van der Waals surface area (Å²) in [6.45, 7) is 4.09. The van der Waals surface area contributed by atoms with Crippen LogP contribution in [-0.2, 0) is 0 Å². The highest BCUT2D eigenvalue weighted by molar-refractivity contribution is 7.23. The van der Waals surface area contributed by atoms with E-state index in [2.05, 4.69) is 22.9 Å². The molecule has 4 N–H and O–H groups in total. The number of H-pyrrole nitrogens is 1. The number of nitrogens with one attached hydrogen (secondary N) is 2. The molecule has 1 atom stereocenters. The van der Waals surface area contributed by atoms with Gasteiger partial charge in [0.1, 0.15) is 28.3 Å². The number of pyridine rings is 1. The first-order chi connectivity index (χ1) is 14.9. The van der Waals surface area contributed by atoms with Gasteiger partial charge in [-0.1, -0.05) is 35.3 Å². The van der Waals surface area contributed by atoms with Crippen molar-refractivity contribution in [3.05, 3.63) is 79.4 Å². The van der Waals surface area contributed by atoms with E-state index in [1.54, 1.807) is 18.2 Å². The Morgan fingerprint density at radius 1 is 1.35 bits per heavy atom. The molecule has 0 radical (unpaired) electrons. The predicted molar refractivity (Wildman–Crippen MR) is 122 cm³/mol. The lowest BCUT2D eigenvalue weighted by Gasteiger charge is -2.26. The van der Waals surface area contributed by atoms with Crippen LogP contribution in [-0.4, -0.2) is 11.5 Å². The third-order valence-electron chi connectivity index (χ3n) is 4.81. The number of nitrogens with two attached hydrogens (primary N) is 1. The first kappa shape index (κ1) is 20.8. The summed E-state index contributed by atoms with van der Waals surface area (Å²) in [4.78, 5) is 15.9. The standard InChI is InChI=1S/C21H13Cl2N5O2S/c1-2-5-27-21-12(8-25)16-18(31-21)17-15(20(29)28-16)14(11(7-24)19(26)30-17)10-4-3-9(22)6-13(10)23/h2-4,6,14,27H,1,5,26H2,(H,28,29). The minimum Gasteiger partial charge on any atom is -0.438 e. The van der Waals surface area contributed by atoms with Gasteiger partial charge in [0.15, 0.2) is 5.75 Å². The van der Waals surface area contributed by atoms with Crippen LogP contribution in [0.15, 0.2) is 47.1 Å². The van der Waals surface area contributed by atoms with Gasteiger partial charge in [0, 0.05) is 16.6 Å². The maximum atomic E-state index is 13.2. The van der Waals surface area contributed by atoms with Crippen molar-refractivity contribution in [2.45, 2.75) is 5.92 Å². The first-order valence-corrected chi connectivity index (χ1v) is 10.5. The van der Waals surface area contributed by atoms with Crippen LogP contribution in [0.5, 0.6) is 5.75 Å². The van der Waals surface area contributed by atoms with E-state index in [0.29, 0.717) is 32.3 Å². The molecule has 10 heteroatoms. The number of aromatic nitrogens is 1. The van der Waals surface area contributed by atoms with Crippen molar-refractivity contribution in [3.8, 4) is 17.9 Å². The lowest BCUT2D eigenvalue weighted by Crippen LogP contribution is -2.27. The van der Waals surface area contributed by atoms with Crippen LogP contribution in [0, 0.1) is 22.7 Å². The Morgan fingerprint density at radius 2 is 2.13 bits per heavy atom. The molecular formula is C21H13Cl2N5O2S. The molecule has 0 saturated heterocycles. The normalized spacial score (nSPS) is 15.0. The Kier molecular flexibility index (Phi) is 5.38. The average molecular weight is 470 g/mol. The topological polar surface area (TPSA) is 128 Å². The zero-order chi connectivity index (χ0) is 22.3. The van der Waals surface area contributed by atoms with Crippen LogP contribution < -0.4 is 21.3 Å². The molecule has 1 aromatic carbocycles. The zero-order valence-corrected chi connectivity index (χ0v) is 18.1. The molecule has 0 bridgehead atoms. The SMILES string of the molecule is C=CCNc1sc2c3c(c(=O)[nH]c2c1C#N)C(c1ccc(Cl)cc1Cl)C(C#N)=C(N)O3. The highest BCUT2D eigenvalue weighted by Crippen LogP contribution is 2.48. The molecule has 1 unspecified atom stereocenters. The number of benzene rings is 1. The largest absolute Gasteiger partial charge is 0.438 e. The highest BCUT2D eigenvalue weighted by Gasteiger charge is 2.36. The van der Waals surface area contributed by atoms with Crippen molar-refractivity contribution in [1.82, 2.24) is 4.98 Å². The number of halogens is 2. The molecule has 0 aliphatic carbocycles. The van der Waals surface area contributed by atoms with E-state index < -0.39 is 11.5 Å². The van der Waals surface area contributed by atoms with Gasteiger partial charge < -0.3 is 20.8 Å². The molecule has 3 aromatic rings. The van der Waals surface area contributed by atoms with E-state index >= 15 is 0 Å². The molecule has 3 heterocycles. The maximum Gasteiger partial charge on any atom is 0.256 e. The van der Waals surface area contributed by atoms with Crippen molar-refractivity contribution in [2.75, 3.05) is 11.9 Å². The lowest BCUT2D eigenvalue weighted by molar-refractivity contribution is 0.397. The Bertz CT molecular complexity index is 1420. The van der Waals surface area contributed by atoms with E-state index in [4.69, 9.17) is 33.7 Å². The lowest BCUT2D eigenvalue weighted by atomic mass is 9.84. The summed E-state index contributed by atoms with van der Waals surface area (Å²) in [5.41, 5.74) is 6.90. The first-order valence-electron chi connectivity index (χ1n) is 8.91. The predicted octanol–water partition coefficient (Wildman–Crippen LogP) is 4.58. The number of thiophene rings is 1.